The highest BCUT2D eigenvalue weighted by Gasteiger charge is 2.18. The van der Waals surface area contributed by atoms with Crippen molar-refractivity contribution in [1.82, 2.24) is 4.98 Å². The van der Waals surface area contributed by atoms with Crippen LogP contribution in [0.25, 0.3) is 0 Å². The number of nitrogens with zero attached hydrogens (tertiary/aromatic N) is 1. The third-order valence-corrected chi connectivity index (χ3v) is 4.40. The first-order valence-electron chi connectivity index (χ1n) is 7.52. The molecule has 2 atom stereocenters. The molecule has 1 aliphatic carbocycles. The molecule has 0 aliphatic heterocycles. The van der Waals surface area contributed by atoms with Crippen LogP contribution in [0.3, 0.4) is 0 Å². The van der Waals surface area contributed by atoms with Crippen LogP contribution in [0.1, 0.15) is 56.0 Å². The molecular formula is C16H25N3S. The number of pyridine rings is 1. The van der Waals surface area contributed by atoms with E-state index in [1.54, 1.807) is 0 Å². The number of rotatable bonds is 3. The molecular weight excluding hydrogens is 266 g/mol. The summed E-state index contributed by atoms with van der Waals surface area (Å²) in [7, 11) is 0. The summed E-state index contributed by atoms with van der Waals surface area (Å²) in [5.74, 6) is 0.845. The van der Waals surface area contributed by atoms with E-state index in [2.05, 4.69) is 23.3 Å². The topological polar surface area (TPSA) is 50.9 Å². The molecule has 4 heteroatoms. The molecule has 3 nitrogen and oxygen atoms in total. The molecule has 1 aliphatic rings. The molecule has 2 unspecified atom stereocenters. The minimum Gasteiger partial charge on any atom is -0.389 e. The van der Waals surface area contributed by atoms with E-state index in [0.29, 0.717) is 11.0 Å². The van der Waals surface area contributed by atoms with Crippen LogP contribution in [0.4, 0.5) is 5.69 Å². The van der Waals surface area contributed by atoms with Gasteiger partial charge in [0, 0.05) is 23.1 Å². The molecule has 20 heavy (non-hydrogen) atoms. The van der Waals surface area contributed by atoms with Crippen LogP contribution >= 0.6 is 12.2 Å². The van der Waals surface area contributed by atoms with Gasteiger partial charge in [0.15, 0.2) is 0 Å². The van der Waals surface area contributed by atoms with Crippen LogP contribution in [0.15, 0.2) is 6.07 Å². The minimum absolute atomic E-state index is 0.430. The maximum atomic E-state index is 5.87. The first-order valence-corrected chi connectivity index (χ1v) is 7.92. The summed E-state index contributed by atoms with van der Waals surface area (Å²) in [6, 6.07) is 2.59. The molecule has 1 aromatic rings. The first-order chi connectivity index (χ1) is 9.47. The highest BCUT2D eigenvalue weighted by Crippen LogP contribution is 2.27. The SMILES string of the molecule is Cc1cc(NC2CCCC(C)CC2)c(C(N)=S)c(C)n1. The van der Waals surface area contributed by atoms with Crippen LogP contribution in [0, 0.1) is 19.8 Å². The van der Waals surface area contributed by atoms with E-state index in [1.165, 1.54) is 32.1 Å². The van der Waals surface area contributed by atoms with Crippen molar-refractivity contribution in [2.45, 2.75) is 58.9 Å². The Labute approximate surface area is 127 Å². The largest absolute Gasteiger partial charge is 0.389 e. The number of aryl methyl sites for hydroxylation is 2. The van der Waals surface area contributed by atoms with E-state index in [0.717, 1.165) is 28.6 Å². The second-order valence-corrected chi connectivity index (χ2v) is 6.53. The van der Waals surface area contributed by atoms with Crippen molar-refractivity contribution >= 4 is 22.9 Å². The second-order valence-electron chi connectivity index (χ2n) is 6.09. The Kier molecular flexibility index (Phi) is 4.97. The molecule has 110 valence electrons. The first kappa shape index (κ1) is 15.2. The lowest BCUT2D eigenvalue weighted by molar-refractivity contribution is 0.502. The van der Waals surface area contributed by atoms with E-state index in [9.17, 15) is 0 Å². The monoisotopic (exact) mass is 291 g/mol. The van der Waals surface area contributed by atoms with Crippen molar-refractivity contribution in [3.8, 4) is 0 Å². The summed E-state index contributed by atoms with van der Waals surface area (Å²) in [5.41, 5.74) is 9.76. The van der Waals surface area contributed by atoms with Crippen molar-refractivity contribution < 1.29 is 0 Å². The number of nitrogens with two attached hydrogens (primary N) is 1. The van der Waals surface area contributed by atoms with Crippen molar-refractivity contribution in [3.63, 3.8) is 0 Å². The van der Waals surface area contributed by atoms with Gasteiger partial charge >= 0.3 is 0 Å². The Morgan fingerprint density at radius 3 is 2.75 bits per heavy atom. The number of hydrogen-bond donors (Lipinski definition) is 2. The lowest BCUT2D eigenvalue weighted by Crippen LogP contribution is -2.23. The van der Waals surface area contributed by atoms with Gasteiger partial charge < -0.3 is 11.1 Å². The van der Waals surface area contributed by atoms with E-state index < -0.39 is 0 Å². The van der Waals surface area contributed by atoms with E-state index in [1.807, 2.05) is 13.8 Å². The van der Waals surface area contributed by atoms with Crippen LogP contribution < -0.4 is 11.1 Å². The van der Waals surface area contributed by atoms with Crippen molar-refractivity contribution in [3.05, 3.63) is 23.0 Å². The molecule has 0 aromatic carbocycles. The van der Waals surface area contributed by atoms with Gasteiger partial charge in [0.1, 0.15) is 4.99 Å². The summed E-state index contributed by atoms with van der Waals surface area (Å²) >= 11 is 5.19. The van der Waals surface area contributed by atoms with Gasteiger partial charge in [-0.2, -0.15) is 0 Å². The Morgan fingerprint density at radius 1 is 1.30 bits per heavy atom. The van der Waals surface area contributed by atoms with E-state index >= 15 is 0 Å². The van der Waals surface area contributed by atoms with Crippen LogP contribution in [-0.2, 0) is 0 Å². The van der Waals surface area contributed by atoms with Gasteiger partial charge in [-0.05, 0) is 45.1 Å². The molecule has 1 fully saturated rings. The summed E-state index contributed by atoms with van der Waals surface area (Å²) in [5, 5.41) is 3.67. The average molecular weight is 291 g/mol. The quantitative estimate of drug-likeness (QED) is 0.658. The van der Waals surface area contributed by atoms with Crippen LogP contribution in [-0.4, -0.2) is 16.0 Å². The van der Waals surface area contributed by atoms with Gasteiger partial charge in [0.2, 0.25) is 0 Å². The summed E-state index contributed by atoms with van der Waals surface area (Å²) in [4.78, 5) is 4.90. The highest BCUT2D eigenvalue weighted by molar-refractivity contribution is 7.80. The highest BCUT2D eigenvalue weighted by atomic mass is 32.1. The zero-order chi connectivity index (χ0) is 14.7. The van der Waals surface area contributed by atoms with Gasteiger partial charge in [0.25, 0.3) is 0 Å². The van der Waals surface area contributed by atoms with Gasteiger partial charge in [-0.1, -0.05) is 32.0 Å². The number of nitrogens with one attached hydrogen (secondary N) is 1. The molecule has 1 saturated carbocycles. The number of hydrogen-bond acceptors (Lipinski definition) is 3. The lowest BCUT2D eigenvalue weighted by Gasteiger charge is -2.21. The second kappa shape index (κ2) is 6.53. The summed E-state index contributed by atoms with van der Waals surface area (Å²) < 4.78 is 0. The van der Waals surface area contributed by atoms with Gasteiger partial charge in [-0.15, -0.1) is 0 Å². The minimum atomic E-state index is 0.430. The molecule has 0 spiro atoms. The predicted octanol–water partition coefficient (Wildman–Crippen LogP) is 3.71. The smallest absolute Gasteiger partial charge is 0.107 e. The number of aromatic nitrogens is 1. The fourth-order valence-corrected chi connectivity index (χ4v) is 3.36. The van der Waals surface area contributed by atoms with Crippen molar-refractivity contribution in [2.24, 2.45) is 11.7 Å². The van der Waals surface area contributed by atoms with Gasteiger partial charge in [-0.25, -0.2) is 0 Å². The summed E-state index contributed by atoms with van der Waals surface area (Å²) in [6.45, 7) is 6.34. The van der Waals surface area contributed by atoms with E-state index in [-0.39, 0.29) is 0 Å². The maximum absolute atomic E-state index is 5.87. The molecule has 3 N–H and O–H groups in total. The van der Waals surface area contributed by atoms with Crippen LogP contribution in [0.2, 0.25) is 0 Å². The third-order valence-electron chi connectivity index (χ3n) is 4.19. The molecule has 1 heterocycles. The Hall–Kier alpha value is -1.16. The number of anilines is 1. The fourth-order valence-electron chi connectivity index (χ4n) is 3.10. The fraction of sp³-hybridized carbons (Fsp3) is 0.625. The number of thiocarbonyl (C=S) groups is 1. The molecule has 0 amide bonds. The normalized spacial score (nSPS) is 23.1. The molecule has 0 saturated heterocycles. The third kappa shape index (κ3) is 3.69. The molecule has 2 rings (SSSR count). The predicted molar refractivity (Wildman–Crippen MR) is 89.3 cm³/mol. The Bertz CT molecular complexity index is 499. The van der Waals surface area contributed by atoms with Gasteiger partial charge in [0.05, 0.1) is 5.56 Å². The summed E-state index contributed by atoms with van der Waals surface area (Å²) in [6.07, 6.45) is 6.38. The zero-order valence-electron chi connectivity index (χ0n) is 12.7. The van der Waals surface area contributed by atoms with Gasteiger partial charge in [-0.3, -0.25) is 4.98 Å². The lowest BCUT2D eigenvalue weighted by atomic mass is 10.0. The average Bonchev–Trinajstić information content (AvgIpc) is 2.53. The molecule has 1 aromatic heterocycles. The molecule has 0 radical (unpaired) electrons. The molecule has 0 bridgehead atoms. The van der Waals surface area contributed by atoms with Crippen molar-refractivity contribution in [1.29, 1.82) is 0 Å². The Morgan fingerprint density at radius 2 is 2.05 bits per heavy atom. The zero-order valence-corrected chi connectivity index (χ0v) is 13.5. The maximum Gasteiger partial charge on any atom is 0.107 e. The Balaban J connectivity index is 2.21. The standard InChI is InChI=1S/C16H25N3S/c1-10-5-4-6-13(8-7-10)19-14-9-11(2)18-12(3)15(14)16(17)20/h9-10,13H,4-8H2,1-3H3,(H2,17,20)(H,18,19). The van der Waals surface area contributed by atoms with E-state index in [4.69, 9.17) is 18.0 Å². The van der Waals surface area contributed by atoms with Crippen molar-refractivity contribution in [2.75, 3.05) is 5.32 Å². The van der Waals surface area contributed by atoms with Crippen LogP contribution in [0.5, 0.6) is 0 Å².